The van der Waals surface area contributed by atoms with E-state index in [0.29, 0.717) is 24.2 Å². The third-order valence-electron chi connectivity index (χ3n) is 4.30. The van der Waals surface area contributed by atoms with Crippen LogP contribution in [-0.2, 0) is 10.0 Å². The van der Waals surface area contributed by atoms with Crippen LogP contribution in [0.1, 0.15) is 35.3 Å². The van der Waals surface area contributed by atoms with Crippen LogP contribution in [0.5, 0.6) is 0 Å². The van der Waals surface area contributed by atoms with Crippen molar-refractivity contribution in [1.29, 1.82) is 0 Å². The van der Waals surface area contributed by atoms with Crippen molar-refractivity contribution in [1.82, 2.24) is 4.31 Å². The molecule has 0 amide bonds. The smallest absolute Gasteiger partial charge is 0.224 e. The van der Waals surface area contributed by atoms with Gasteiger partial charge in [-0.25, -0.2) is 12.7 Å². The Morgan fingerprint density at radius 1 is 0.826 bits per heavy atom. The molecule has 1 aliphatic rings. The Hall–Kier alpha value is -1.69. The topological polar surface area (TPSA) is 57.6 Å². The average Bonchev–Trinajstić information content (AvgIpc) is 3.12. The predicted octanol–water partition coefficient (Wildman–Crippen LogP) is 2.89. The fourth-order valence-corrected chi connectivity index (χ4v) is 5.16. The predicted molar refractivity (Wildman–Crippen MR) is 90.3 cm³/mol. The highest BCUT2D eigenvalue weighted by atomic mass is 32.2. The summed E-state index contributed by atoms with van der Waals surface area (Å²) in [6.45, 7) is 1.07. The molecule has 2 aromatic carbocycles. The number of hydrogen-bond acceptors (Lipinski definition) is 3. The van der Waals surface area contributed by atoms with Crippen LogP contribution in [0, 0.1) is 0 Å². The van der Waals surface area contributed by atoms with E-state index < -0.39 is 21.4 Å². The first-order chi connectivity index (χ1) is 11.1. The van der Waals surface area contributed by atoms with Crippen molar-refractivity contribution in [3.05, 3.63) is 71.8 Å². The summed E-state index contributed by atoms with van der Waals surface area (Å²) in [5, 5.41) is 9.84. The molecule has 4 nitrogen and oxygen atoms in total. The Morgan fingerprint density at radius 3 is 1.83 bits per heavy atom. The molecule has 1 fully saturated rings. The summed E-state index contributed by atoms with van der Waals surface area (Å²) in [6.07, 6.45) is 0.661. The lowest BCUT2D eigenvalue weighted by atomic mass is 10.0. The second-order valence-corrected chi connectivity index (χ2v) is 7.89. The SMILES string of the molecule is O=S(=O)([C@@H](c1ccccc1)[C@H](O)c1ccccc1)N1CCCC1. The molecule has 0 radical (unpaired) electrons. The highest BCUT2D eigenvalue weighted by molar-refractivity contribution is 7.89. The standard InChI is InChI=1S/C18H21NO3S/c20-17(15-9-3-1-4-10-15)18(16-11-5-2-6-12-16)23(21,22)19-13-7-8-14-19/h1-6,9-12,17-18,20H,7-8,13-14H2/t17-,18+/m1/s1. The van der Waals surface area contributed by atoms with E-state index in [1.165, 1.54) is 4.31 Å². The molecule has 122 valence electrons. The average molecular weight is 331 g/mol. The van der Waals surface area contributed by atoms with Crippen LogP contribution in [-0.4, -0.2) is 30.9 Å². The minimum absolute atomic E-state index is 0.535. The van der Waals surface area contributed by atoms with Crippen LogP contribution in [0.3, 0.4) is 0 Å². The lowest BCUT2D eigenvalue weighted by Gasteiger charge is -2.28. The van der Waals surface area contributed by atoms with Gasteiger partial charge in [0, 0.05) is 13.1 Å². The van der Waals surface area contributed by atoms with Crippen molar-refractivity contribution in [3.8, 4) is 0 Å². The zero-order chi connectivity index (χ0) is 16.3. The minimum atomic E-state index is -3.62. The highest BCUT2D eigenvalue weighted by Gasteiger charge is 2.39. The van der Waals surface area contributed by atoms with E-state index in [9.17, 15) is 13.5 Å². The molecule has 0 saturated carbocycles. The van der Waals surface area contributed by atoms with E-state index >= 15 is 0 Å². The van der Waals surface area contributed by atoms with Gasteiger partial charge in [0.25, 0.3) is 0 Å². The van der Waals surface area contributed by atoms with Gasteiger partial charge in [0.1, 0.15) is 11.4 Å². The molecule has 2 atom stereocenters. The molecule has 23 heavy (non-hydrogen) atoms. The van der Waals surface area contributed by atoms with Crippen LogP contribution in [0.15, 0.2) is 60.7 Å². The number of benzene rings is 2. The number of rotatable bonds is 5. The van der Waals surface area contributed by atoms with E-state index in [-0.39, 0.29) is 0 Å². The molecule has 1 aliphatic heterocycles. The zero-order valence-corrected chi connectivity index (χ0v) is 13.7. The van der Waals surface area contributed by atoms with Gasteiger partial charge in [0.15, 0.2) is 0 Å². The molecule has 1 heterocycles. The Morgan fingerprint density at radius 2 is 1.30 bits per heavy atom. The van der Waals surface area contributed by atoms with Crippen molar-refractivity contribution in [2.45, 2.75) is 24.2 Å². The van der Waals surface area contributed by atoms with Crippen LogP contribution in [0.4, 0.5) is 0 Å². The molecular formula is C18H21NO3S. The van der Waals surface area contributed by atoms with E-state index in [4.69, 9.17) is 0 Å². The van der Waals surface area contributed by atoms with Gasteiger partial charge in [-0.15, -0.1) is 0 Å². The first kappa shape index (κ1) is 16.2. The molecule has 2 aromatic rings. The first-order valence-corrected chi connectivity index (χ1v) is 9.38. The van der Waals surface area contributed by atoms with Gasteiger partial charge in [0.05, 0.1) is 0 Å². The lowest BCUT2D eigenvalue weighted by Crippen LogP contribution is -2.35. The number of nitrogens with zero attached hydrogens (tertiary/aromatic N) is 1. The Labute approximate surface area is 137 Å². The third kappa shape index (κ3) is 3.32. The maximum absolute atomic E-state index is 13.1. The van der Waals surface area contributed by atoms with Crippen LogP contribution in [0.25, 0.3) is 0 Å². The molecular weight excluding hydrogens is 310 g/mol. The van der Waals surface area contributed by atoms with E-state index in [1.807, 2.05) is 24.3 Å². The maximum atomic E-state index is 13.1. The summed E-state index contributed by atoms with van der Waals surface area (Å²) < 4.78 is 27.7. The summed E-state index contributed by atoms with van der Waals surface area (Å²) in [4.78, 5) is 0. The molecule has 1 N–H and O–H groups in total. The molecule has 0 aromatic heterocycles. The van der Waals surface area contributed by atoms with Crippen molar-refractivity contribution < 1.29 is 13.5 Å². The molecule has 5 heteroatoms. The maximum Gasteiger partial charge on any atom is 0.224 e. The van der Waals surface area contributed by atoms with Gasteiger partial charge in [-0.1, -0.05) is 60.7 Å². The van der Waals surface area contributed by atoms with Crippen molar-refractivity contribution >= 4 is 10.0 Å². The van der Waals surface area contributed by atoms with Gasteiger partial charge in [0.2, 0.25) is 10.0 Å². The van der Waals surface area contributed by atoms with Gasteiger partial charge in [-0.05, 0) is 24.0 Å². The fourth-order valence-electron chi connectivity index (χ4n) is 3.09. The molecule has 0 bridgehead atoms. The van der Waals surface area contributed by atoms with Crippen molar-refractivity contribution in [3.63, 3.8) is 0 Å². The van der Waals surface area contributed by atoms with E-state index in [0.717, 1.165) is 12.8 Å². The summed E-state index contributed by atoms with van der Waals surface area (Å²) >= 11 is 0. The number of aliphatic hydroxyl groups excluding tert-OH is 1. The number of aliphatic hydroxyl groups is 1. The quantitative estimate of drug-likeness (QED) is 0.916. The summed E-state index contributed by atoms with van der Waals surface area (Å²) in [6, 6.07) is 18.0. The summed E-state index contributed by atoms with van der Waals surface area (Å²) in [7, 11) is -3.62. The molecule has 0 spiro atoms. The van der Waals surface area contributed by atoms with Gasteiger partial charge in [-0.2, -0.15) is 0 Å². The van der Waals surface area contributed by atoms with Crippen LogP contribution >= 0.6 is 0 Å². The van der Waals surface area contributed by atoms with Crippen LogP contribution in [0.2, 0.25) is 0 Å². The van der Waals surface area contributed by atoms with Gasteiger partial charge in [-0.3, -0.25) is 0 Å². The minimum Gasteiger partial charge on any atom is -0.387 e. The zero-order valence-electron chi connectivity index (χ0n) is 12.9. The molecule has 1 saturated heterocycles. The fraction of sp³-hybridized carbons (Fsp3) is 0.333. The molecule has 3 rings (SSSR count). The second kappa shape index (κ2) is 6.83. The van der Waals surface area contributed by atoms with Crippen molar-refractivity contribution in [2.24, 2.45) is 0 Å². The van der Waals surface area contributed by atoms with Crippen molar-refractivity contribution in [2.75, 3.05) is 13.1 Å². The number of sulfonamides is 1. The normalized spacial score (nSPS) is 18.7. The van der Waals surface area contributed by atoms with Gasteiger partial charge < -0.3 is 5.11 Å². The van der Waals surface area contributed by atoms with E-state index in [1.54, 1.807) is 36.4 Å². The van der Waals surface area contributed by atoms with Gasteiger partial charge >= 0.3 is 0 Å². The Bertz CT molecular complexity index is 725. The summed E-state index contributed by atoms with van der Waals surface area (Å²) in [5.41, 5.74) is 1.24. The third-order valence-corrected chi connectivity index (χ3v) is 6.56. The summed E-state index contributed by atoms with van der Waals surface area (Å²) in [5.74, 6) is 0. The monoisotopic (exact) mass is 331 g/mol. The van der Waals surface area contributed by atoms with Crippen LogP contribution < -0.4 is 0 Å². The molecule has 0 aliphatic carbocycles. The largest absolute Gasteiger partial charge is 0.387 e. The highest BCUT2D eigenvalue weighted by Crippen LogP contribution is 2.38. The van der Waals surface area contributed by atoms with E-state index in [2.05, 4.69) is 0 Å². The molecule has 0 unspecified atom stereocenters. The Kier molecular flexibility index (Phi) is 4.80. The first-order valence-electron chi connectivity index (χ1n) is 7.87. The number of hydrogen-bond donors (Lipinski definition) is 1. The second-order valence-electron chi connectivity index (χ2n) is 5.84. The Balaban J connectivity index is 2.04. The lowest BCUT2D eigenvalue weighted by molar-refractivity contribution is 0.168.